The molecule has 1 aromatic rings. The minimum atomic E-state index is -0.721. The third kappa shape index (κ3) is 4.30. The Balaban J connectivity index is 2.17. The third-order valence-corrected chi connectivity index (χ3v) is 3.81. The zero-order valence-electron chi connectivity index (χ0n) is 12.5. The molecule has 7 nitrogen and oxygen atoms in total. The maximum absolute atomic E-state index is 12.1. The van der Waals surface area contributed by atoms with Crippen molar-refractivity contribution in [2.75, 3.05) is 0 Å². The molecule has 0 unspecified atom stereocenters. The maximum atomic E-state index is 12.1. The lowest BCUT2D eigenvalue weighted by Crippen LogP contribution is -2.36. The van der Waals surface area contributed by atoms with Gasteiger partial charge in [-0.05, 0) is 30.5 Å². The summed E-state index contributed by atoms with van der Waals surface area (Å²) in [5, 5.41) is 32.2. The fourth-order valence-corrected chi connectivity index (χ4v) is 2.60. The van der Waals surface area contributed by atoms with Gasteiger partial charge in [-0.2, -0.15) is 5.26 Å². The van der Waals surface area contributed by atoms with Gasteiger partial charge in [-0.1, -0.05) is 25.3 Å². The van der Waals surface area contributed by atoms with E-state index in [2.05, 4.69) is 5.32 Å². The van der Waals surface area contributed by atoms with Crippen molar-refractivity contribution < 1.29 is 14.8 Å². The molecule has 1 aliphatic rings. The Labute approximate surface area is 133 Å². The Kier molecular flexibility index (Phi) is 5.31. The molecule has 0 radical (unpaired) electrons. The lowest BCUT2D eigenvalue weighted by Gasteiger charge is -2.22. The molecule has 1 amide bonds. The van der Waals surface area contributed by atoms with Gasteiger partial charge >= 0.3 is 5.69 Å². The second kappa shape index (κ2) is 7.40. The number of carbonyl (C=O) groups excluding carboxylic acids is 1. The molecule has 1 saturated carbocycles. The summed E-state index contributed by atoms with van der Waals surface area (Å²) in [6.07, 6.45) is 6.35. The zero-order valence-corrected chi connectivity index (χ0v) is 12.5. The van der Waals surface area contributed by atoms with Gasteiger partial charge in [-0.15, -0.1) is 0 Å². The molecule has 1 fully saturated rings. The van der Waals surface area contributed by atoms with Gasteiger partial charge in [0.1, 0.15) is 11.6 Å². The van der Waals surface area contributed by atoms with Crippen molar-refractivity contribution >= 4 is 17.7 Å². The van der Waals surface area contributed by atoms with Gasteiger partial charge in [0, 0.05) is 12.1 Å². The minimum absolute atomic E-state index is 0.0714. The number of carbonyl (C=O) groups is 1. The number of hydrogen-bond donors (Lipinski definition) is 2. The van der Waals surface area contributed by atoms with Gasteiger partial charge in [0.05, 0.1) is 4.92 Å². The number of aromatic hydroxyl groups is 1. The van der Waals surface area contributed by atoms with Crippen LogP contribution in [-0.2, 0) is 4.79 Å². The summed E-state index contributed by atoms with van der Waals surface area (Å²) in [5.74, 6) is -0.938. The quantitative estimate of drug-likeness (QED) is 0.383. The number of nitrogens with one attached hydrogen (secondary N) is 1. The van der Waals surface area contributed by atoms with E-state index in [1.54, 1.807) is 0 Å². The number of amides is 1. The van der Waals surface area contributed by atoms with Gasteiger partial charge in [0.2, 0.25) is 0 Å². The predicted molar refractivity (Wildman–Crippen MR) is 83.4 cm³/mol. The molecular weight excluding hydrogens is 298 g/mol. The van der Waals surface area contributed by atoms with Crippen LogP contribution in [0.4, 0.5) is 5.69 Å². The summed E-state index contributed by atoms with van der Waals surface area (Å²) in [4.78, 5) is 22.2. The van der Waals surface area contributed by atoms with Crippen molar-refractivity contribution in [2.24, 2.45) is 0 Å². The van der Waals surface area contributed by atoms with Crippen LogP contribution in [0.15, 0.2) is 23.8 Å². The first-order valence-electron chi connectivity index (χ1n) is 7.41. The molecule has 120 valence electrons. The Morgan fingerprint density at radius 3 is 2.70 bits per heavy atom. The Morgan fingerprint density at radius 1 is 1.39 bits per heavy atom. The standard InChI is InChI=1S/C16H17N3O4/c17-10-12(16(21)18-13-4-2-1-3-5-13)8-11-6-7-15(20)14(9-11)19(22)23/h6-9,13,20H,1-5H2,(H,18,21)/b12-8+. The molecule has 2 N–H and O–H groups in total. The third-order valence-electron chi connectivity index (χ3n) is 3.81. The summed E-state index contributed by atoms with van der Waals surface area (Å²) in [7, 11) is 0. The average molecular weight is 315 g/mol. The summed E-state index contributed by atoms with van der Waals surface area (Å²) >= 11 is 0. The smallest absolute Gasteiger partial charge is 0.311 e. The van der Waals surface area contributed by atoms with E-state index >= 15 is 0 Å². The highest BCUT2D eigenvalue weighted by Crippen LogP contribution is 2.27. The fourth-order valence-electron chi connectivity index (χ4n) is 2.60. The fraction of sp³-hybridized carbons (Fsp3) is 0.375. The number of phenolic OH excluding ortho intramolecular Hbond substituents is 1. The molecule has 0 bridgehead atoms. The van der Waals surface area contributed by atoms with Gasteiger partial charge < -0.3 is 10.4 Å². The largest absolute Gasteiger partial charge is 0.502 e. The predicted octanol–water partition coefficient (Wildman–Crippen LogP) is 2.66. The van der Waals surface area contributed by atoms with Crippen molar-refractivity contribution in [1.82, 2.24) is 5.32 Å². The van der Waals surface area contributed by atoms with Gasteiger partial charge in [-0.3, -0.25) is 14.9 Å². The second-order valence-corrected chi connectivity index (χ2v) is 5.48. The van der Waals surface area contributed by atoms with Gasteiger partial charge in [0.25, 0.3) is 5.91 Å². The normalized spacial score (nSPS) is 15.7. The van der Waals surface area contributed by atoms with E-state index in [4.69, 9.17) is 5.26 Å². The van der Waals surface area contributed by atoms with Crippen LogP contribution < -0.4 is 5.32 Å². The Hall–Kier alpha value is -2.88. The second-order valence-electron chi connectivity index (χ2n) is 5.48. The summed E-state index contributed by atoms with van der Waals surface area (Å²) in [6, 6.07) is 5.59. The van der Waals surface area contributed by atoms with E-state index < -0.39 is 22.3 Å². The monoisotopic (exact) mass is 315 g/mol. The van der Waals surface area contributed by atoms with Crippen LogP contribution in [0.2, 0.25) is 0 Å². The van der Waals surface area contributed by atoms with E-state index in [-0.39, 0.29) is 11.6 Å². The molecule has 1 aliphatic carbocycles. The van der Waals surface area contributed by atoms with Crippen molar-refractivity contribution in [3.8, 4) is 11.8 Å². The number of nitro benzene ring substituents is 1. The number of nitro groups is 1. The first kappa shape index (κ1) is 16.5. The summed E-state index contributed by atoms with van der Waals surface area (Å²) < 4.78 is 0. The number of hydrogen-bond acceptors (Lipinski definition) is 5. The van der Waals surface area contributed by atoms with Crippen LogP contribution in [0, 0.1) is 21.4 Å². The van der Waals surface area contributed by atoms with E-state index in [9.17, 15) is 20.0 Å². The SMILES string of the molecule is N#C/C(=C\c1ccc(O)c([N+](=O)[O-])c1)C(=O)NC1CCCCC1. The summed E-state index contributed by atoms with van der Waals surface area (Å²) in [5.41, 5.74) is -0.274. The highest BCUT2D eigenvalue weighted by molar-refractivity contribution is 6.01. The van der Waals surface area contributed by atoms with Crippen LogP contribution in [-0.4, -0.2) is 22.0 Å². The Bertz CT molecular complexity index is 685. The Morgan fingerprint density at radius 2 is 2.09 bits per heavy atom. The van der Waals surface area contributed by atoms with Crippen LogP contribution in [0.3, 0.4) is 0 Å². The number of benzene rings is 1. The van der Waals surface area contributed by atoms with E-state index in [1.807, 2.05) is 6.07 Å². The number of rotatable bonds is 4. The average Bonchev–Trinajstić information content (AvgIpc) is 2.54. The molecule has 0 atom stereocenters. The van der Waals surface area contributed by atoms with Crippen molar-refractivity contribution in [2.45, 2.75) is 38.1 Å². The van der Waals surface area contributed by atoms with Crippen molar-refractivity contribution in [3.05, 3.63) is 39.4 Å². The zero-order chi connectivity index (χ0) is 16.8. The number of nitriles is 1. The summed E-state index contributed by atoms with van der Waals surface area (Å²) in [6.45, 7) is 0. The molecule has 1 aromatic carbocycles. The van der Waals surface area contributed by atoms with Gasteiger partial charge in [-0.25, -0.2) is 0 Å². The molecule has 0 aromatic heterocycles. The van der Waals surface area contributed by atoms with Crippen LogP contribution in [0.25, 0.3) is 6.08 Å². The highest BCUT2D eigenvalue weighted by atomic mass is 16.6. The van der Waals surface area contributed by atoms with E-state index in [0.717, 1.165) is 44.2 Å². The molecule has 0 aliphatic heterocycles. The number of nitrogens with zero attached hydrogens (tertiary/aromatic N) is 2. The highest BCUT2D eigenvalue weighted by Gasteiger charge is 2.19. The number of phenols is 1. The minimum Gasteiger partial charge on any atom is -0.502 e. The molecular formula is C16H17N3O4. The molecule has 23 heavy (non-hydrogen) atoms. The molecule has 0 saturated heterocycles. The molecule has 0 heterocycles. The van der Waals surface area contributed by atoms with Crippen molar-refractivity contribution in [3.63, 3.8) is 0 Å². The van der Waals surface area contributed by atoms with E-state index in [0.29, 0.717) is 5.56 Å². The maximum Gasteiger partial charge on any atom is 0.311 e. The topological polar surface area (TPSA) is 116 Å². The first-order valence-corrected chi connectivity index (χ1v) is 7.41. The van der Waals surface area contributed by atoms with Crippen LogP contribution >= 0.6 is 0 Å². The van der Waals surface area contributed by atoms with E-state index in [1.165, 1.54) is 12.1 Å². The molecule has 7 heteroatoms. The van der Waals surface area contributed by atoms with Crippen LogP contribution in [0.1, 0.15) is 37.7 Å². The lowest BCUT2D eigenvalue weighted by atomic mass is 9.95. The first-order chi connectivity index (χ1) is 11.0. The molecule has 2 rings (SSSR count). The lowest BCUT2D eigenvalue weighted by molar-refractivity contribution is -0.385. The van der Waals surface area contributed by atoms with Gasteiger partial charge in [0.15, 0.2) is 5.75 Å². The van der Waals surface area contributed by atoms with Crippen molar-refractivity contribution in [1.29, 1.82) is 5.26 Å². The van der Waals surface area contributed by atoms with Crippen LogP contribution in [0.5, 0.6) is 5.75 Å². The molecule has 0 spiro atoms.